The van der Waals surface area contributed by atoms with Gasteiger partial charge >= 0.3 is 0 Å². The number of aldehydes is 1. The van der Waals surface area contributed by atoms with Crippen LogP contribution < -0.4 is 0 Å². The van der Waals surface area contributed by atoms with Crippen LogP contribution in [0.5, 0.6) is 11.5 Å². The average molecular weight is 642 g/mol. The van der Waals surface area contributed by atoms with E-state index in [4.69, 9.17) is 11.6 Å². The Hall–Kier alpha value is -7.36. The quantitative estimate of drug-likeness (QED) is 0.110. The molecule has 0 aliphatic carbocycles. The van der Waals surface area contributed by atoms with E-state index in [0.29, 0.717) is 45.9 Å². The van der Waals surface area contributed by atoms with Crippen molar-refractivity contribution in [3.05, 3.63) is 180 Å². The van der Waals surface area contributed by atoms with Gasteiger partial charge in [-0.05, 0) is 60.7 Å². The smallest absolute Gasteiger partial charge is 0.215 e. The number of imidazole rings is 1. The molecule has 0 fully saturated rings. The lowest BCUT2D eigenvalue weighted by atomic mass is 10.1. The third-order valence-electron chi connectivity index (χ3n) is 7.23. The first-order valence-corrected chi connectivity index (χ1v) is 14.9. The molecule has 0 spiro atoms. The van der Waals surface area contributed by atoms with Crippen LogP contribution in [0.15, 0.2) is 146 Å². The maximum atomic E-state index is 11.8. The molecule has 0 atom stereocenters. The first-order valence-electron chi connectivity index (χ1n) is 14.9. The van der Waals surface area contributed by atoms with Gasteiger partial charge in [-0.25, -0.2) is 9.83 Å². The van der Waals surface area contributed by atoms with E-state index in [-0.39, 0.29) is 22.8 Å². The summed E-state index contributed by atoms with van der Waals surface area (Å²) in [6.45, 7) is 6.65. The maximum Gasteiger partial charge on any atom is 0.215 e. The number of phenols is 2. The fraction of sp³-hybridized carbons (Fsp3) is 0. The number of carbonyl (C=O) groups is 2. The lowest BCUT2D eigenvalue weighted by Crippen LogP contribution is -2.03. The molecule has 9 heteroatoms. The van der Waals surface area contributed by atoms with Crippen molar-refractivity contribution in [1.82, 2.24) is 14.4 Å². The zero-order chi connectivity index (χ0) is 34.6. The van der Waals surface area contributed by atoms with E-state index in [0.717, 1.165) is 11.1 Å². The van der Waals surface area contributed by atoms with Gasteiger partial charge in [-0.1, -0.05) is 72.8 Å². The molecule has 0 amide bonds. The maximum absolute atomic E-state index is 11.8. The molecular weight excluding hydrogens is 614 g/mol. The van der Waals surface area contributed by atoms with Crippen molar-refractivity contribution in [2.24, 2.45) is 0 Å². The summed E-state index contributed by atoms with van der Waals surface area (Å²) in [6, 6.07) is 40.8. The molecule has 3 heterocycles. The first kappa shape index (κ1) is 33.0. The fourth-order valence-corrected chi connectivity index (χ4v) is 4.87. The van der Waals surface area contributed by atoms with Gasteiger partial charge in [0, 0.05) is 29.1 Å². The summed E-state index contributed by atoms with van der Waals surface area (Å²) in [7, 11) is 0. The van der Waals surface area contributed by atoms with Gasteiger partial charge in [0.2, 0.25) is 5.78 Å². The number of ketones is 1. The Bertz CT molecular complexity index is 2340. The normalized spacial score (nSPS) is 9.92. The number of nitriles is 1. The molecule has 0 unspecified atom stereocenters. The molecule has 4 aromatic carbocycles. The molecule has 9 nitrogen and oxygen atoms in total. The Morgan fingerprint density at radius 2 is 1.43 bits per heavy atom. The van der Waals surface area contributed by atoms with Crippen molar-refractivity contribution in [3.8, 4) is 40.2 Å². The summed E-state index contributed by atoms with van der Waals surface area (Å²) < 4.78 is 1.94. The Morgan fingerprint density at radius 3 is 2.10 bits per heavy atom. The molecule has 0 aliphatic heterocycles. The van der Waals surface area contributed by atoms with Crippen LogP contribution in [0.4, 0.5) is 5.69 Å². The second-order valence-corrected chi connectivity index (χ2v) is 10.3. The predicted molar refractivity (Wildman–Crippen MR) is 186 cm³/mol. The fourth-order valence-electron chi connectivity index (χ4n) is 4.87. The van der Waals surface area contributed by atoms with E-state index in [1.54, 1.807) is 85.1 Å². The van der Waals surface area contributed by atoms with Gasteiger partial charge in [0.15, 0.2) is 5.69 Å². The van der Waals surface area contributed by atoms with E-state index in [1.165, 1.54) is 6.07 Å². The molecule has 0 radical (unpaired) electrons. The monoisotopic (exact) mass is 641 g/mol. The number of rotatable bonds is 5. The number of aromatic hydroxyl groups is 2. The van der Waals surface area contributed by atoms with Crippen molar-refractivity contribution < 1.29 is 19.8 Å². The number of hydrogen-bond acceptors (Lipinski definition) is 7. The van der Waals surface area contributed by atoms with Crippen molar-refractivity contribution >= 4 is 23.3 Å². The lowest BCUT2D eigenvalue weighted by molar-refractivity contribution is 0.103. The number of carbonyl (C=O) groups excluding carboxylic acids is 2. The van der Waals surface area contributed by atoms with Gasteiger partial charge in [-0.2, -0.15) is 5.26 Å². The van der Waals surface area contributed by atoms with Crippen molar-refractivity contribution in [2.75, 3.05) is 0 Å². The van der Waals surface area contributed by atoms with E-state index >= 15 is 0 Å². The van der Waals surface area contributed by atoms with Gasteiger partial charge < -0.3 is 10.2 Å². The highest BCUT2D eigenvalue weighted by atomic mass is 16.3. The number of hydrogen-bond donors (Lipinski definition) is 2. The summed E-state index contributed by atoms with van der Waals surface area (Å²) in [5, 5.41) is 29.1. The molecular formula is C40H27N5O4. The third-order valence-corrected chi connectivity index (χ3v) is 7.23. The molecule has 0 saturated carbocycles. The van der Waals surface area contributed by atoms with Crippen LogP contribution in [0.3, 0.4) is 0 Å². The van der Waals surface area contributed by atoms with E-state index in [9.17, 15) is 25.1 Å². The van der Waals surface area contributed by atoms with E-state index in [1.807, 2.05) is 59.1 Å². The van der Waals surface area contributed by atoms with E-state index in [2.05, 4.69) is 15.9 Å². The summed E-state index contributed by atoms with van der Waals surface area (Å²) in [4.78, 5) is 33.9. The number of aromatic nitrogens is 3. The minimum absolute atomic E-state index is 0.0202. The molecule has 3 aromatic heterocycles. The molecule has 7 rings (SSSR count). The molecule has 2 N–H and O–H groups in total. The summed E-state index contributed by atoms with van der Waals surface area (Å²) in [5.74, 6) is 0.573. The molecule has 0 bridgehead atoms. The Labute approximate surface area is 282 Å². The minimum atomic E-state index is -0.270. The predicted octanol–water partition coefficient (Wildman–Crippen LogP) is 8.31. The summed E-state index contributed by atoms with van der Waals surface area (Å²) in [6.07, 6.45) is 4.15. The Balaban J connectivity index is 0.000000160. The van der Waals surface area contributed by atoms with Crippen LogP contribution in [-0.2, 0) is 0 Å². The highest BCUT2D eigenvalue weighted by molar-refractivity contribution is 6.09. The van der Waals surface area contributed by atoms with Gasteiger partial charge in [0.05, 0.1) is 29.3 Å². The van der Waals surface area contributed by atoms with Crippen LogP contribution in [0.2, 0.25) is 0 Å². The van der Waals surface area contributed by atoms with Crippen LogP contribution in [0.1, 0.15) is 32.0 Å². The highest BCUT2D eigenvalue weighted by Crippen LogP contribution is 2.35. The van der Waals surface area contributed by atoms with Crippen molar-refractivity contribution in [1.29, 1.82) is 5.26 Å². The van der Waals surface area contributed by atoms with Crippen LogP contribution >= 0.6 is 0 Å². The molecule has 49 heavy (non-hydrogen) atoms. The number of para-hydroxylation sites is 3. The minimum Gasteiger partial charge on any atom is -0.507 e. The van der Waals surface area contributed by atoms with Gasteiger partial charge in [0.1, 0.15) is 35.0 Å². The van der Waals surface area contributed by atoms with Crippen LogP contribution in [-0.4, -0.2) is 36.7 Å². The Kier molecular flexibility index (Phi) is 10.6. The number of benzene rings is 4. The molecule has 7 aromatic rings. The average Bonchev–Trinajstić information content (AvgIpc) is 3.55. The number of pyridine rings is 2. The van der Waals surface area contributed by atoms with Crippen molar-refractivity contribution in [2.45, 2.75) is 0 Å². The van der Waals surface area contributed by atoms with Crippen LogP contribution in [0.25, 0.3) is 33.0 Å². The lowest BCUT2D eigenvalue weighted by Gasteiger charge is -2.02. The first-order chi connectivity index (χ1) is 24.0. The molecule has 0 aliphatic rings. The van der Waals surface area contributed by atoms with Gasteiger partial charge in [0.25, 0.3) is 0 Å². The summed E-state index contributed by atoms with van der Waals surface area (Å²) in [5.41, 5.74) is 5.05. The summed E-state index contributed by atoms with van der Waals surface area (Å²) >= 11 is 0. The number of nitrogens with zero attached hydrogens (tertiary/aromatic N) is 5. The molecule has 236 valence electrons. The zero-order valence-electron chi connectivity index (χ0n) is 25.9. The zero-order valence-corrected chi connectivity index (χ0v) is 25.9. The van der Waals surface area contributed by atoms with Gasteiger partial charge in [-0.3, -0.25) is 19.0 Å². The van der Waals surface area contributed by atoms with Crippen molar-refractivity contribution in [3.63, 3.8) is 0 Å². The standard InChI is InChI=1S/C20H13N3O.C12H9NO2.C8H5NO/c21-13-14-7-1-2-8-15(14)20-22-19(16-9-3-4-11-18(16)24)17-10-5-6-12-23(17)20;14-11-7-2-1-5-9(11)12(15)10-6-3-4-8-13-10;1-9-8-5-3-2-4-7(8)6-10/h1-12,24H;1-8,14H;2-6H. The number of phenolic OH excluding ortho intramolecular Hbond substituents is 2. The second-order valence-electron chi connectivity index (χ2n) is 10.3. The second kappa shape index (κ2) is 15.8. The number of fused-ring (bicyclic) bond motifs is 1. The topological polar surface area (TPSA) is 133 Å². The van der Waals surface area contributed by atoms with Gasteiger partial charge in [-0.15, -0.1) is 0 Å². The largest absolute Gasteiger partial charge is 0.507 e. The SMILES string of the molecule is N#Cc1ccccc1-c1nc(-c2ccccc2O)c2ccccn12.O=C(c1ccccn1)c1ccccc1O.[C-]#[N+]c1ccccc1C=O. The van der Waals surface area contributed by atoms with E-state index < -0.39 is 0 Å². The van der Waals surface area contributed by atoms with Crippen LogP contribution in [0, 0.1) is 17.9 Å². The third kappa shape index (κ3) is 7.55. The molecule has 0 saturated heterocycles. The Morgan fingerprint density at radius 1 is 0.776 bits per heavy atom. The highest BCUT2D eigenvalue weighted by Gasteiger charge is 2.18.